The summed E-state index contributed by atoms with van der Waals surface area (Å²) in [6.07, 6.45) is 7.50. The van der Waals surface area contributed by atoms with Crippen LogP contribution in [0.3, 0.4) is 0 Å². The molecule has 0 aliphatic heterocycles. The molecule has 14 heavy (non-hydrogen) atoms. The largest absolute Gasteiger partial charge is 0.150 e. The van der Waals surface area contributed by atoms with Gasteiger partial charge in [0.25, 0.3) is 0 Å². The lowest BCUT2D eigenvalue weighted by Crippen LogP contribution is -2.07. The predicted molar refractivity (Wildman–Crippen MR) is 60.2 cm³/mol. The standard InChI is InChI=1S/C12H21NO/c1-4-6-11(5-2)7-8-12(13-14)9-10(12)3/h6,10H,4-5,7-9H2,1-3H3/b11-6-/t10-,12?/m0/s1. The van der Waals surface area contributed by atoms with E-state index in [2.05, 4.69) is 32.0 Å². The SMILES string of the molecule is CC/C=C(/CC)CCC1(N=O)C[C@@H]1C. The molecule has 1 saturated carbocycles. The van der Waals surface area contributed by atoms with E-state index in [0.29, 0.717) is 5.92 Å². The first-order valence-electron chi connectivity index (χ1n) is 5.71. The molecule has 2 atom stereocenters. The lowest BCUT2D eigenvalue weighted by Gasteiger charge is -2.08. The van der Waals surface area contributed by atoms with Crippen molar-refractivity contribution in [2.24, 2.45) is 11.1 Å². The van der Waals surface area contributed by atoms with Crippen LogP contribution in [0.25, 0.3) is 0 Å². The third kappa shape index (κ3) is 2.43. The summed E-state index contributed by atoms with van der Waals surface area (Å²) in [6.45, 7) is 6.46. The van der Waals surface area contributed by atoms with E-state index >= 15 is 0 Å². The maximum Gasteiger partial charge on any atom is 0.106 e. The van der Waals surface area contributed by atoms with Gasteiger partial charge in [0.2, 0.25) is 0 Å². The summed E-state index contributed by atoms with van der Waals surface area (Å²) in [7, 11) is 0. The Morgan fingerprint density at radius 1 is 1.57 bits per heavy atom. The Morgan fingerprint density at radius 2 is 2.21 bits per heavy atom. The van der Waals surface area contributed by atoms with Crippen LogP contribution in [0, 0.1) is 10.8 Å². The molecule has 0 aromatic carbocycles. The molecule has 0 saturated heterocycles. The van der Waals surface area contributed by atoms with Gasteiger partial charge in [0.15, 0.2) is 0 Å². The molecule has 0 amide bonds. The number of hydrogen-bond donors (Lipinski definition) is 0. The maximum atomic E-state index is 10.7. The molecular weight excluding hydrogens is 174 g/mol. The van der Waals surface area contributed by atoms with Gasteiger partial charge in [-0.15, -0.1) is 0 Å². The maximum absolute atomic E-state index is 10.7. The van der Waals surface area contributed by atoms with Crippen LogP contribution in [0.4, 0.5) is 0 Å². The zero-order chi connectivity index (χ0) is 10.6. The average Bonchev–Trinajstić information content (AvgIpc) is 2.85. The third-order valence-corrected chi connectivity index (χ3v) is 3.42. The van der Waals surface area contributed by atoms with Gasteiger partial charge in [0.1, 0.15) is 5.54 Å². The minimum absolute atomic E-state index is 0.192. The van der Waals surface area contributed by atoms with Crippen molar-refractivity contribution < 1.29 is 0 Å². The summed E-state index contributed by atoms with van der Waals surface area (Å²) >= 11 is 0. The molecule has 0 radical (unpaired) electrons. The summed E-state index contributed by atoms with van der Waals surface area (Å²) in [5, 5.41) is 3.30. The fourth-order valence-corrected chi connectivity index (χ4v) is 2.08. The van der Waals surface area contributed by atoms with Crippen LogP contribution in [0.2, 0.25) is 0 Å². The lowest BCUT2D eigenvalue weighted by atomic mass is 10.0. The van der Waals surface area contributed by atoms with E-state index in [1.807, 2.05) is 0 Å². The molecule has 0 aromatic rings. The highest BCUT2D eigenvalue weighted by molar-refractivity contribution is 5.11. The van der Waals surface area contributed by atoms with Crippen molar-refractivity contribution in [3.63, 3.8) is 0 Å². The summed E-state index contributed by atoms with van der Waals surface area (Å²) in [5.74, 6) is 0.514. The minimum atomic E-state index is -0.192. The zero-order valence-electron chi connectivity index (χ0n) is 9.55. The van der Waals surface area contributed by atoms with E-state index in [9.17, 15) is 4.91 Å². The first kappa shape index (κ1) is 11.4. The molecule has 1 aliphatic rings. The van der Waals surface area contributed by atoms with Gasteiger partial charge in [-0.3, -0.25) is 0 Å². The molecule has 0 bridgehead atoms. The number of hydrogen-bond acceptors (Lipinski definition) is 2. The molecule has 0 aromatic heterocycles. The summed E-state index contributed by atoms with van der Waals surface area (Å²) in [4.78, 5) is 10.7. The summed E-state index contributed by atoms with van der Waals surface area (Å²) in [5.41, 5.74) is 1.29. The van der Waals surface area contributed by atoms with Crippen molar-refractivity contribution in [2.45, 2.75) is 58.4 Å². The molecular formula is C12H21NO. The molecule has 1 fully saturated rings. The number of rotatable bonds is 6. The third-order valence-electron chi connectivity index (χ3n) is 3.42. The highest BCUT2D eigenvalue weighted by Gasteiger charge is 2.52. The highest BCUT2D eigenvalue weighted by Crippen LogP contribution is 2.50. The Labute approximate surface area is 86.8 Å². The topological polar surface area (TPSA) is 29.4 Å². The van der Waals surface area contributed by atoms with Gasteiger partial charge in [-0.1, -0.05) is 37.6 Å². The molecule has 0 heterocycles. The zero-order valence-corrected chi connectivity index (χ0v) is 9.55. The van der Waals surface area contributed by atoms with Gasteiger partial charge in [0, 0.05) is 0 Å². The molecule has 1 rings (SSSR count). The van der Waals surface area contributed by atoms with Gasteiger partial charge < -0.3 is 0 Å². The summed E-state index contributed by atoms with van der Waals surface area (Å²) < 4.78 is 0. The summed E-state index contributed by atoms with van der Waals surface area (Å²) in [6, 6.07) is 0. The highest BCUT2D eigenvalue weighted by atomic mass is 16.3. The van der Waals surface area contributed by atoms with Gasteiger partial charge in [-0.2, -0.15) is 4.91 Å². The number of allylic oxidation sites excluding steroid dienone is 2. The number of nitroso groups, excluding NO2 is 1. The quantitative estimate of drug-likeness (QED) is 0.464. The molecule has 1 aliphatic carbocycles. The molecule has 1 unspecified atom stereocenters. The average molecular weight is 195 g/mol. The predicted octanol–water partition coefficient (Wildman–Crippen LogP) is 4.06. The van der Waals surface area contributed by atoms with Gasteiger partial charge >= 0.3 is 0 Å². The monoisotopic (exact) mass is 195 g/mol. The molecule has 0 spiro atoms. The van der Waals surface area contributed by atoms with E-state index in [1.54, 1.807) is 0 Å². The van der Waals surface area contributed by atoms with Gasteiger partial charge in [-0.25, -0.2) is 0 Å². The van der Waals surface area contributed by atoms with Crippen molar-refractivity contribution in [3.05, 3.63) is 16.6 Å². The molecule has 80 valence electrons. The van der Waals surface area contributed by atoms with Crippen LogP contribution in [-0.4, -0.2) is 5.54 Å². The Balaban J connectivity index is 2.39. The fourth-order valence-electron chi connectivity index (χ4n) is 2.08. The Bertz CT molecular complexity index is 234. The van der Waals surface area contributed by atoms with E-state index in [0.717, 1.165) is 32.1 Å². The Morgan fingerprint density at radius 3 is 2.57 bits per heavy atom. The lowest BCUT2D eigenvalue weighted by molar-refractivity contribution is 0.557. The normalized spacial score (nSPS) is 31.6. The fraction of sp³-hybridized carbons (Fsp3) is 0.833. The van der Waals surface area contributed by atoms with E-state index in [1.165, 1.54) is 5.57 Å². The van der Waals surface area contributed by atoms with Gasteiger partial charge in [-0.05, 0) is 38.0 Å². The van der Waals surface area contributed by atoms with Crippen LogP contribution < -0.4 is 0 Å². The van der Waals surface area contributed by atoms with Crippen molar-refractivity contribution in [3.8, 4) is 0 Å². The van der Waals surface area contributed by atoms with Crippen LogP contribution in [0.15, 0.2) is 16.8 Å². The second-order valence-electron chi connectivity index (χ2n) is 4.42. The first-order valence-corrected chi connectivity index (χ1v) is 5.71. The van der Waals surface area contributed by atoms with E-state index < -0.39 is 0 Å². The first-order chi connectivity index (χ1) is 6.68. The molecule has 2 heteroatoms. The number of nitrogens with zero attached hydrogens (tertiary/aromatic N) is 1. The van der Waals surface area contributed by atoms with E-state index in [-0.39, 0.29) is 5.54 Å². The van der Waals surface area contributed by atoms with Crippen molar-refractivity contribution in [2.75, 3.05) is 0 Å². The van der Waals surface area contributed by atoms with Gasteiger partial charge in [0.05, 0.1) is 0 Å². The van der Waals surface area contributed by atoms with E-state index in [4.69, 9.17) is 0 Å². The van der Waals surface area contributed by atoms with Crippen molar-refractivity contribution in [1.29, 1.82) is 0 Å². The van der Waals surface area contributed by atoms with Crippen molar-refractivity contribution in [1.82, 2.24) is 0 Å². The Kier molecular flexibility index (Phi) is 3.85. The smallest absolute Gasteiger partial charge is 0.106 e. The van der Waals surface area contributed by atoms with Crippen molar-refractivity contribution >= 4 is 0 Å². The molecule has 2 nitrogen and oxygen atoms in total. The van der Waals surface area contributed by atoms with Crippen LogP contribution >= 0.6 is 0 Å². The molecule has 0 N–H and O–H groups in total. The Hall–Kier alpha value is -0.660. The second-order valence-corrected chi connectivity index (χ2v) is 4.42. The van der Waals surface area contributed by atoms with Crippen LogP contribution in [0.5, 0.6) is 0 Å². The second kappa shape index (κ2) is 4.72. The van der Waals surface area contributed by atoms with Crippen LogP contribution in [-0.2, 0) is 0 Å². The van der Waals surface area contributed by atoms with Crippen LogP contribution in [0.1, 0.15) is 52.9 Å². The minimum Gasteiger partial charge on any atom is -0.150 e.